The number of benzene rings is 1. The van der Waals surface area contributed by atoms with Crippen molar-refractivity contribution in [3.05, 3.63) is 29.8 Å². The van der Waals surface area contributed by atoms with Gasteiger partial charge in [0.25, 0.3) is 0 Å². The lowest BCUT2D eigenvalue weighted by atomic mass is 10.1. The van der Waals surface area contributed by atoms with Gasteiger partial charge in [0.15, 0.2) is 0 Å². The Morgan fingerprint density at radius 2 is 2.05 bits per heavy atom. The van der Waals surface area contributed by atoms with E-state index >= 15 is 0 Å². The summed E-state index contributed by atoms with van der Waals surface area (Å²) in [6, 6.07) is 8.43. The highest BCUT2D eigenvalue weighted by Crippen LogP contribution is 2.19. The zero-order valence-corrected chi connectivity index (χ0v) is 13.1. The zero-order valence-electron chi connectivity index (χ0n) is 12.3. The Hall–Kier alpha value is -1.00. The van der Waals surface area contributed by atoms with Gasteiger partial charge < -0.3 is 10.6 Å². The Labute approximate surface area is 125 Å². The van der Waals surface area contributed by atoms with Crippen LogP contribution in [-0.2, 0) is 4.79 Å². The van der Waals surface area contributed by atoms with E-state index in [9.17, 15) is 4.79 Å². The highest BCUT2D eigenvalue weighted by Gasteiger charge is 2.21. The fourth-order valence-corrected chi connectivity index (χ4v) is 2.95. The molecule has 0 radical (unpaired) electrons. The molecule has 2 N–H and O–H groups in total. The van der Waals surface area contributed by atoms with Gasteiger partial charge in [0.1, 0.15) is 0 Å². The first-order valence-electron chi connectivity index (χ1n) is 7.38. The van der Waals surface area contributed by atoms with Crippen molar-refractivity contribution in [2.24, 2.45) is 0 Å². The molecule has 1 amide bonds. The van der Waals surface area contributed by atoms with Crippen LogP contribution in [0.5, 0.6) is 0 Å². The number of thioether (sulfide) groups is 1. The van der Waals surface area contributed by atoms with Gasteiger partial charge in [-0.15, -0.1) is 11.8 Å². The van der Waals surface area contributed by atoms with Crippen molar-refractivity contribution in [3.8, 4) is 0 Å². The molecule has 1 heterocycles. The van der Waals surface area contributed by atoms with Gasteiger partial charge in [-0.25, -0.2) is 0 Å². The van der Waals surface area contributed by atoms with E-state index in [0.29, 0.717) is 0 Å². The lowest BCUT2D eigenvalue weighted by Gasteiger charge is -2.20. The smallest absolute Gasteiger partial charge is 0.237 e. The minimum atomic E-state index is -0.0228. The van der Waals surface area contributed by atoms with Crippen molar-refractivity contribution in [2.45, 2.75) is 49.6 Å². The topological polar surface area (TPSA) is 41.1 Å². The van der Waals surface area contributed by atoms with Crippen LogP contribution >= 0.6 is 11.8 Å². The van der Waals surface area contributed by atoms with Crippen LogP contribution in [0.15, 0.2) is 29.2 Å². The van der Waals surface area contributed by atoms with Crippen molar-refractivity contribution in [1.29, 1.82) is 0 Å². The molecule has 110 valence electrons. The fourth-order valence-electron chi connectivity index (χ4n) is 2.54. The normalized spacial score (nSPS) is 21.0. The van der Waals surface area contributed by atoms with Gasteiger partial charge in [0.2, 0.25) is 5.91 Å². The van der Waals surface area contributed by atoms with E-state index in [-0.39, 0.29) is 18.0 Å². The van der Waals surface area contributed by atoms with Gasteiger partial charge in [0.05, 0.1) is 12.1 Å². The van der Waals surface area contributed by atoms with Crippen molar-refractivity contribution in [3.63, 3.8) is 0 Å². The molecule has 0 aromatic heterocycles. The summed E-state index contributed by atoms with van der Waals surface area (Å²) in [6.45, 7) is 3.00. The fraction of sp³-hybridized carbons (Fsp3) is 0.562. The molecule has 0 bridgehead atoms. The minimum Gasteiger partial charge on any atom is -0.348 e. The van der Waals surface area contributed by atoms with Gasteiger partial charge in [-0.1, -0.05) is 25.0 Å². The molecule has 2 rings (SSSR count). The summed E-state index contributed by atoms with van der Waals surface area (Å²) in [7, 11) is 0. The van der Waals surface area contributed by atoms with Crippen molar-refractivity contribution < 1.29 is 4.79 Å². The van der Waals surface area contributed by atoms with E-state index in [4.69, 9.17) is 0 Å². The number of carbonyl (C=O) groups is 1. The van der Waals surface area contributed by atoms with Crippen LogP contribution in [0.25, 0.3) is 0 Å². The van der Waals surface area contributed by atoms with Crippen LogP contribution in [0.3, 0.4) is 0 Å². The van der Waals surface area contributed by atoms with Crippen LogP contribution in [0.2, 0.25) is 0 Å². The van der Waals surface area contributed by atoms with Crippen LogP contribution in [0.4, 0.5) is 0 Å². The van der Waals surface area contributed by atoms with E-state index in [1.165, 1.54) is 17.7 Å². The van der Waals surface area contributed by atoms with Gasteiger partial charge in [-0.3, -0.25) is 4.79 Å². The van der Waals surface area contributed by atoms with Crippen molar-refractivity contribution in [1.82, 2.24) is 10.6 Å². The molecule has 2 atom stereocenters. The molecule has 0 aliphatic carbocycles. The van der Waals surface area contributed by atoms with Crippen LogP contribution < -0.4 is 10.6 Å². The van der Waals surface area contributed by atoms with E-state index in [2.05, 4.69) is 41.2 Å². The summed E-state index contributed by atoms with van der Waals surface area (Å²) in [5, 5.41) is 6.46. The Balaban J connectivity index is 1.91. The maximum absolute atomic E-state index is 12.3. The summed E-state index contributed by atoms with van der Waals surface area (Å²) in [5.74, 6) is 0.133. The summed E-state index contributed by atoms with van der Waals surface area (Å²) < 4.78 is 0. The predicted octanol–water partition coefficient (Wildman–Crippen LogP) is 3.12. The van der Waals surface area contributed by atoms with Crippen molar-refractivity contribution >= 4 is 17.7 Å². The van der Waals surface area contributed by atoms with E-state index < -0.39 is 0 Å². The second-order valence-electron chi connectivity index (χ2n) is 5.36. The Kier molecular flexibility index (Phi) is 5.92. The van der Waals surface area contributed by atoms with E-state index in [1.807, 2.05) is 6.92 Å². The molecule has 4 heteroatoms. The molecule has 1 fully saturated rings. The standard InChI is InChI=1S/C16H24N2OS/c1-12(13-7-9-14(20-2)10-8-13)18-16(19)15-6-4-3-5-11-17-15/h7-10,12,15,17H,3-6,11H2,1-2H3,(H,18,19). The first-order chi connectivity index (χ1) is 9.70. The van der Waals surface area contributed by atoms with Gasteiger partial charge in [0, 0.05) is 4.90 Å². The maximum atomic E-state index is 12.3. The molecule has 20 heavy (non-hydrogen) atoms. The molecule has 3 nitrogen and oxygen atoms in total. The summed E-state index contributed by atoms with van der Waals surface area (Å²) in [5.41, 5.74) is 1.16. The molecule has 1 aromatic carbocycles. The van der Waals surface area contributed by atoms with Crippen LogP contribution in [0, 0.1) is 0 Å². The quantitative estimate of drug-likeness (QED) is 0.838. The lowest BCUT2D eigenvalue weighted by molar-refractivity contribution is -0.123. The second kappa shape index (κ2) is 7.70. The number of rotatable bonds is 4. The maximum Gasteiger partial charge on any atom is 0.237 e. The number of amides is 1. The number of nitrogens with one attached hydrogen (secondary N) is 2. The first-order valence-corrected chi connectivity index (χ1v) is 8.61. The number of hydrogen-bond donors (Lipinski definition) is 2. The zero-order chi connectivity index (χ0) is 14.4. The summed E-state index contributed by atoms with van der Waals surface area (Å²) in [6.07, 6.45) is 6.56. The Morgan fingerprint density at radius 3 is 2.75 bits per heavy atom. The SMILES string of the molecule is CSc1ccc(C(C)NC(=O)C2CCCCCN2)cc1. The predicted molar refractivity (Wildman–Crippen MR) is 85.0 cm³/mol. The molecular weight excluding hydrogens is 268 g/mol. The number of hydrogen-bond acceptors (Lipinski definition) is 3. The molecule has 2 unspecified atom stereocenters. The average molecular weight is 292 g/mol. The minimum absolute atomic E-state index is 0.0228. The third-order valence-electron chi connectivity index (χ3n) is 3.85. The van der Waals surface area contributed by atoms with E-state index in [0.717, 1.165) is 24.9 Å². The third-order valence-corrected chi connectivity index (χ3v) is 4.59. The molecule has 1 aromatic rings. The highest BCUT2D eigenvalue weighted by molar-refractivity contribution is 7.98. The summed E-state index contributed by atoms with van der Waals surface area (Å²) >= 11 is 1.73. The molecular formula is C16H24N2OS. The van der Waals surface area contributed by atoms with Gasteiger partial charge in [-0.2, -0.15) is 0 Å². The third kappa shape index (κ3) is 4.25. The van der Waals surface area contributed by atoms with Crippen LogP contribution in [-0.4, -0.2) is 24.7 Å². The Morgan fingerprint density at radius 1 is 1.30 bits per heavy atom. The first kappa shape index (κ1) is 15.4. The molecule has 1 aliphatic rings. The molecule has 0 saturated carbocycles. The summed E-state index contributed by atoms with van der Waals surface area (Å²) in [4.78, 5) is 13.5. The monoisotopic (exact) mass is 292 g/mol. The Bertz CT molecular complexity index is 425. The average Bonchev–Trinajstić information content (AvgIpc) is 2.76. The van der Waals surface area contributed by atoms with E-state index in [1.54, 1.807) is 11.8 Å². The number of carbonyl (C=O) groups excluding carboxylic acids is 1. The highest BCUT2D eigenvalue weighted by atomic mass is 32.2. The van der Waals surface area contributed by atoms with Crippen molar-refractivity contribution in [2.75, 3.05) is 12.8 Å². The molecule has 1 saturated heterocycles. The second-order valence-corrected chi connectivity index (χ2v) is 6.24. The van der Waals surface area contributed by atoms with Gasteiger partial charge >= 0.3 is 0 Å². The molecule has 1 aliphatic heterocycles. The van der Waals surface area contributed by atoms with Gasteiger partial charge in [-0.05, 0) is 50.3 Å². The molecule has 0 spiro atoms. The van der Waals surface area contributed by atoms with Crippen LogP contribution in [0.1, 0.15) is 44.2 Å². The lowest BCUT2D eigenvalue weighted by Crippen LogP contribution is -2.44. The largest absolute Gasteiger partial charge is 0.348 e.